The van der Waals surface area contributed by atoms with Crippen LogP contribution in [0.3, 0.4) is 0 Å². The lowest BCUT2D eigenvalue weighted by atomic mass is 9.68. The largest absolute Gasteiger partial charge is 0.333 e. The summed E-state index contributed by atoms with van der Waals surface area (Å²) in [5.41, 5.74) is 2.66. The molecular weight excluding hydrogens is 339 g/mol. The molecule has 4 heteroatoms. The van der Waals surface area contributed by atoms with Crippen molar-refractivity contribution in [3.05, 3.63) is 83.7 Å². The van der Waals surface area contributed by atoms with E-state index < -0.39 is 5.82 Å². The highest BCUT2D eigenvalue weighted by atomic mass is 19.1. The number of carbonyl (C=O) groups excluding carboxylic acids is 1. The highest BCUT2D eigenvalue weighted by Crippen LogP contribution is 2.42. The van der Waals surface area contributed by atoms with Crippen LogP contribution in [-0.4, -0.2) is 41.9 Å². The zero-order valence-corrected chi connectivity index (χ0v) is 15.5. The molecule has 27 heavy (non-hydrogen) atoms. The molecule has 140 valence electrons. The molecule has 0 atom stereocenters. The van der Waals surface area contributed by atoms with Crippen LogP contribution in [0.15, 0.2) is 61.2 Å². The topological polar surface area (TPSA) is 23.6 Å². The van der Waals surface area contributed by atoms with Crippen molar-refractivity contribution in [1.29, 1.82) is 0 Å². The second-order valence-corrected chi connectivity index (χ2v) is 7.67. The molecule has 0 bridgehead atoms. The van der Waals surface area contributed by atoms with E-state index in [2.05, 4.69) is 29.7 Å². The van der Waals surface area contributed by atoms with Gasteiger partial charge in [-0.15, -0.1) is 6.58 Å². The molecule has 0 unspecified atom stereocenters. The standard InChI is InChI=1S/C23H25FN2O/c1-2-13-25-14-11-23(12-15-25)17-26(16-18-7-3-5-9-20(18)23)22(27)19-8-4-6-10-21(19)24/h2-10H,1,11-17H2. The Balaban J connectivity index is 1.65. The highest BCUT2D eigenvalue weighted by Gasteiger charge is 2.43. The zero-order chi connectivity index (χ0) is 18.9. The van der Waals surface area contributed by atoms with E-state index in [9.17, 15) is 9.18 Å². The number of benzene rings is 2. The van der Waals surface area contributed by atoms with Gasteiger partial charge in [-0.3, -0.25) is 9.69 Å². The first-order chi connectivity index (χ1) is 13.1. The summed E-state index contributed by atoms with van der Waals surface area (Å²) in [6.07, 6.45) is 3.94. The van der Waals surface area contributed by atoms with Gasteiger partial charge in [-0.05, 0) is 49.2 Å². The Bertz CT molecular complexity index is 855. The molecule has 0 radical (unpaired) electrons. The fourth-order valence-electron chi connectivity index (χ4n) is 4.61. The Labute approximate surface area is 160 Å². The van der Waals surface area contributed by atoms with Crippen LogP contribution in [0.2, 0.25) is 0 Å². The van der Waals surface area contributed by atoms with Crippen LogP contribution >= 0.6 is 0 Å². The summed E-state index contributed by atoms with van der Waals surface area (Å²) in [7, 11) is 0. The molecular formula is C23H25FN2O. The SMILES string of the molecule is C=CCN1CCC2(CC1)CN(C(=O)c1ccccc1F)Cc1ccccc12. The normalized spacial score (nSPS) is 18.9. The maximum absolute atomic E-state index is 14.2. The van der Waals surface area contributed by atoms with E-state index in [1.54, 1.807) is 18.2 Å². The third kappa shape index (κ3) is 3.30. The maximum Gasteiger partial charge on any atom is 0.257 e. The molecule has 2 aliphatic heterocycles. The van der Waals surface area contributed by atoms with Crippen molar-refractivity contribution in [2.75, 3.05) is 26.2 Å². The molecule has 1 spiro atoms. The van der Waals surface area contributed by atoms with Crippen molar-refractivity contribution in [3.63, 3.8) is 0 Å². The van der Waals surface area contributed by atoms with Crippen molar-refractivity contribution in [3.8, 4) is 0 Å². The third-order valence-corrected chi connectivity index (χ3v) is 6.04. The van der Waals surface area contributed by atoms with Gasteiger partial charge in [0.1, 0.15) is 5.82 Å². The molecule has 0 saturated carbocycles. The Morgan fingerprint density at radius 2 is 1.81 bits per heavy atom. The van der Waals surface area contributed by atoms with E-state index in [1.165, 1.54) is 17.2 Å². The fourth-order valence-corrected chi connectivity index (χ4v) is 4.61. The van der Waals surface area contributed by atoms with Gasteiger partial charge in [-0.25, -0.2) is 4.39 Å². The van der Waals surface area contributed by atoms with E-state index in [1.807, 2.05) is 17.0 Å². The van der Waals surface area contributed by atoms with Crippen LogP contribution in [0.25, 0.3) is 0 Å². The Hall–Kier alpha value is -2.46. The van der Waals surface area contributed by atoms with Crippen LogP contribution in [0.5, 0.6) is 0 Å². The fraction of sp³-hybridized carbons (Fsp3) is 0.348. The summed E-state index contributed by atoms with van der Waals surface area (Å²) in [6, 6.07) is 14.7. The second-order valence-electron chi connectivity index (χ2n) is 7.67. The Morgan fingerprint density at radius 3 is 2.56 bits per heavy atom. The van der Waals surface area contributed by atoms with Crippen molar-refractivity contribution in [1.82, 2.24) is 9.80 Å². The first-order valence-corrected chi connectivity index (χ1v) is 9.58. The smallest absolute Gasteiger partial charge is 0.257 e. The Kier molecular flexibility index (Phi) is 4.83. The number of fused-ring (bicyclic) bond motifs is 2. The van der Waals surface area contributed by atoms with E-state index in [4.69, 9.17) is 0 Å². The molecule has 0 aliphatic carbocycles. The average molecular weight is 364 g/mol. The van der Waals surface area contributed by atoms with Crippen LogP contribution in [0, 0.1) is 5.82 Å². The molecule has 2 heterocycles. The lowest BCUT2D eigenvalue weighted by Crippen LogP contribution is -2.53. The van der Waals surface area contributed by atoms with Crippen molar-refractivity contribution >= 4 is 5.91 Å². The predicted octanol–water partition coefficient (Wildman–Crippen LogP) is 4.00. The highest BCUT2D eigenvalue weighted by molar-refractivity contribution is 5.94. The zero-order valence-electron chi connectivity index (χ0n) is 15.5. The van der Waals surface area contributed by atoms with Gasteiger partial charge in [0.05, 0.1) is 5.56 Å². The van der Waals surface area contributed by atoms with E-state index in [0.29, 0.717) is 13.1 Å². The first kappa shape index (κ1) is 17.9. The van der Waals surface area contributed by atoms with E-state index in [0.717, 1.165) is 32.5 Å². The van der Waals surface area contributed by atoms with Gasteiger partial charge in [0.2, 0.25) is 0 Å². The Morgan fingerprint density at radius 1 is 1.11 bits per heavy atom. The van der Waals surface area contributed by atoms with Crippen molar-refractivity contribution in [2.45, 2.75) is 24.8 Å². The molecule has 1 saturated heterocycles. The van der Waals surface area contributed by atoms with Crippen LogP contribution in [-0.2, 0) is 12.0 Å². The number of halogens is 1. The molecule has 2 aromatic carbocycles. The minimum atomic E-state index is -0.448. The summed E-state index contributed by atoms with van der Waals surface area (Å²) in [5.74, 6) is -0.660. The number of rotatable bonds is 3. The number of amides is 1. The number of piperidine rings is 1. The van der Waals surface area contributed by atoms with Gasteiger partial charge < -0.3 is 4.90 Å². The van der Waals surface area contributed by atoms with Gasteiger partial charge in [0.15, 0.2) is 0 Å². The van der Waals surface area contributed by atoms with E-state index in [-0.39, 0.29) is 16.9 Å². The van der Waals surface area contributed by atoms with Gasteiger partial charge in [0.25, 0.3) is 5.91 Å². The van der Waals surface area contributed by atoms with Crippen LogP contribution in [0.1, 0.15) is 34.3 Å². The van der Waals surface area contributed by atoms with Gasteiger partial charge >= 0.3 is 0 Å². The first-order valence-electron chi connectivity index (χ1n) is 9.58. The number of nitrogens with zero attached hydrogens (tertiary/aromatic N) is 2. The van der Waals surface area contributed by atoms with Gasteiger partial charge in [-0.2, -0.15) is 0 Å². The van der Waals surface area contributed by atoms with Crippen molar-refractivity contribution < 1.29 is 9.18 Å². The number of carbonyl (C=O) groups is 1. The molecule has 0 aromatic heterocycles. The minimum Gasteiger partial charge on any atom is -0.333 e. The third-order valence-electron chi connectivity index (χ3n) is 6.04. The summed E-state index contributed by atoms with van der Waals surface area (Å²) >= 11 is 0. The quantitative estimate of drug-likeness (QED) is 0.769. The molecule has 3 nitrogen and oxygen atoms in total. The molecule has 4 rings (SSSR count). The number of likely N-dealkylation sites (tertiary alicyclic amines) is 1. The monoisotopic (exact) mass is 364 g/mol. The lowest BCUT2D eigenvalue weighted by Gasteiger charge is -2.48. The van der Waals surface area contributed by atoms with Gasteiger partial charge in [0, 0.05) is 25.0 Å². The number of hydrogen-bond donors (Lipinski definition) is 0. The summed E-state index contributed by atoms with van der Waals surface area (Å²) < 4.78 is 14.2. The summed E-state index contributed by atoms with van der Waals surface area (Å²) in [4.78, 5) is 17.3. The minimum absolute atomic E-state index is 0.0482. The average Bonchev–Trinajstić information content (AvgIpc) is 2.70. The molecule has 0 N–H and O–H groups in total. The lowest BCUT2D eigenvalue weighted by molar-refractivity contribution is 0.0584. The second kappa shape index (κ2) is 7.28. The molecule has 1 amide bonds. The van der Waals surface area contributed by atoms with Crippen LogP contribution in [0.4, 0.5) is 4.39 Å². The molecule has 2 aromatic rings. The van der Waals surface area contributed by atoms with Crippen molar-refractivity contribution in [2.24, 2.45) is 0 Å². The molecule has 1 fully saturated rings. The van der Waals surface area contributed by atoms with Crippen LogP contribution < -0.4 is 0 Å². The predicted molar refractivity (Wildman–Crippen MR) is 105 cm³/mol. The van der Waals surface area contributed by atoms with E-state index >= 15 is 0 Å². The van der Waals surface area contributed by atoms with Gasteiger partial charge in [-0.1, -0.05) is 42.5 Å². The molecule has 2 aliphatic rings. The summed E-state index contributed by atoms with van der Waals surface area (Å²) in [6.45, 7) is 7.91. The maximum atomic E-state index is 14.2. The summed E-state index contributed by atoms with van der Waals surface area (Å²) in [5, 5.41) is 0. The number of hydrogen-bond acceptors (Lipinski definition) is 2.